The van der Waals surface area contributed by atoms with Crippen LogP contribution in [0.15, 0.2) is 29.3 Å². The van der Waals surface area contributed by atoms with Crippen molar-refractivity contribution in [2.75, 3.05) is 31.5 Å². The summed E-state index contributed by atoms with van der Waals surface area (Å²) in [6.07, 6.45) is 4.43. The number of rotatable bonds is 4. The van der Waals surface area contributed by atoms with E-state index in [0.29, 0.717) is 13.0 Å². The van der Waals surface area contributed by atoms with Crippen LogP contribution in [0.5, 0.6) is 0 Å². The van der Waals surface area contributed by atoms with Crippen molar-refractivity contribution in [1.29, 1.82) is 5.26 Å². The highest BCUT2D eigenvalue weighted by molar-refractivity contribution is 5.97. The summed E-state index contributed by atoms with van der Waals surface area (Å²) < 4.78 is 0. The summed E-state index contributed by atoms with van der Waals surface area (Å²) in [7, 11) is 0. The number of aliphatic imine (C=N–C) groups is 1. The normalized spacial score (nSPS) is 19.9. The van der Waals surface area contributed by atoms with Gasteiger partial charge in [0.1, 0.15) is 6.04 Å². The predicted octanol–water partition coefficient (Wildman–Crippen LogP) is 1.06. The number of hydrogen-bond acceptors (Lipinski definition) is 4. The first-order valence-corrected chi connectivity index (χ1v) is 9.20. The predicted molar refractivity (Wildman–Crippen MR) is 102 cm³/mol. The molecule has 27 heavy (non-hydrogen) atoms. The number of anilines is 1. The van der Waals surface area contributed by atoms with Gasteiger partial charge in [0.2, 0.25) is 17.8 Å². The van der Waals surface area contributed by atoms with Crippen LogP contribution in [0.1, 0.15) is 24.8 Å². The molecular weight excluding hydrogens is 344 g/mol. The summed E-state index contributed by atoms with van der Waals surface area (Å²) in [5.74, 6) is 0.0544. The Hall–Kier alpha value is -3.08. The molecule has 0 radical (unpaired) electrons. The fraction of sp³-hybridized carbons (Fsp3) is 0.474. The Morgan fingerprint density at radius 2 is 2.11 bits per heavy atom. The second-order valence-corrected chi connectivity index (χ2v) is 6.86. The Morgan fingerprint density at radius 1 is 1.33 bits per heavy atom. The number of carbonyl (C=O) groups is 2. The minimum Gasteiger partial charge on any atom is -0.341 e. The van der Waals surface area contributed by atoms with E-state index in [2.05, 4.69) is 15.6 Å². The van der Waals surface area contributed by atoms with Crippen molar-refractivity contribution >= 4 is 23.5 Å². The molecule has 2 fully saturated rings. The van der Waals surface area contributed by atoms with Gasteiger partial charge in [-0.3, -0.25) is 14.9 Å². The molecule has 2 heterocycles. The average Bonchev–Trinajstić information content (AvgIpc) is 3.28. The molecule has 0 aliphatic carbocycles. The van der Waals surface area contributed by atoms with E-state index in [4.69, 9.17) is 5.26 Å². The van der Waals surface area contributed by atoms with Gasteiger partial charge in [-0.1, -0.05) is 12.1 Å². The zero-order valence-electron chi connectivity index (χ0n) is 15.4. The topological polar surface area (TPSA) is 101 Å². The minimum absolute atomic E-state index is 0.00117. The van der Waals surface area contributed by atoms with E-state index in [0.717, 1.165) is 37.2 Å². The van der Waals surface area contributed by atoms with Crippen molar-refractivity contribution in [3.05, 3.63) is 29.8 Å². The molecular formula is C19H24N6O2. The first-order valence-electron chi connectivity index (χ1n) is 9.20. The van der Waals surface area contributed by atoms with Crippen molar-refractivity contribution in [2.24, 2.45) is 4.99 Å². The van der Waals surface area contributed by atoms with Crippen LogP contribution < -0.4 is 10.6 Å². The van der Waals surface area contributed by atoms with Crippen LogP contribution in [-0.2, 0) is 9.59 Å². The fourth-order valence-electron chi connectivity index (χ4n) is 3.39. The molecule has 1 unspecified atom stereocenters. The van der Waals surface area contributed by atoms with Crippen molar-refractivity contribution in [3.8, 4) is 6.19 Å². The number of carbonyl (C=O) groups excluding carboxylic acids is 2. The number of benzene rings is 1. The van der Waals surface area contributed by atoms with E-state index in [1.807, 2.05) is 42.3 Å². The molecule has 0 saturated carbocycles. The van der Waals surface area contributed by atoms with Crippen molar-refractivity contribution in [2.45, 2.75) is 32.2 Å². The third kappa shape index (κ3) is 4.76. The molecule has 0 bridgehead atoms. The maximum atomic E-state index is 12.6. The molecule has 1 aromatic carbocycles. The van der Waals surface area contributed by atoms with Gasteiger partial charge in [0.05, 0.1) is 6.54 Å². The monoisotopic (exact) mass is 368 g/mol. The number of aryl methyl sites for hydroxylation is 1. The molecule has 2 N–H and O–H groups in total. The van der Waals surface area contributed by atoms with Crippen LogP contribution in [0.3, 0.4) is 0 Å². The van der Waals surface area contributed by atoms with E-state index >= 15 is 0 Å². The van der Waals surface area contributed by atoms with Crippen molar-refractivity contribution < 1.29 is 9.59 Å². The molecule has 8 heteroatoms. The van der Waals surface area contributed by atoms with Gasteiger partial charge in [-0.2, -0.15) is 5.26 Å². The Bertz CT molecular complexity index is 779. The smallest absolute Gasteiger partial charge is 0.248 e. The van der Waals surface area contributed by atoms with Gasteiger partial charge < -0.3 is 15.1 Å². The number of nitrogens with one attached hydrogen (secondary N) is 2. The molecule has 142 valence electrons. The van der Waals surface area contributed by atoms with Gasteiger partial charge in [-0.25, -0.2) is 4.99 Å². The Morgan fingerprint density at radius 3 is 2.81 bits per heavy atom. The highest BCUT2D eigenvalue weighted by Crippen LogP contribution is 2.17. The van der Waals surface area contributed by atoms with E-state index in [-0.39, 0.29) is 24.3 Å². The quantitative estimate of drug-likeness (QED) is 0.358. The van der Waals surface area contributed by atoms with Crippen molar-refractivity contribution in [1.82, 2.24) is 15.1 Å². The maximum Gasteiger partial charge on any atom is 0.248 e. The van der Waals surface area contributed by atoms with E-state index in [1.54, 1.807) is 4.90 Å². The van der Waals surface area contributed by atoms with Crippen LogP contribution >= 0.6 is 0 Å². The second kappa shape index (κ2) is 8.54. The number of likely N-dealkylation sites (tertiary alicyclic amines) is 2. The molecule has 3 rings (SSSR count). The third-order valence-corrected chi connectivity index (χ3v) is 4.79. The highest BCUT2D eigenvalue weighted by Gasteiger charge is 2.34. The first-order chi connectivity index (χ1) is 13.1. The molecule has 2 aliphatic rings. The zero-order chi connectivity index (χ0) is 19.2. The van der Waals surface area contributed by atoms with Crippen LogP contribution in [0.4, 0.5) is 5.69 Å². The van der Waals surface area contributed by atoms with E-state index < -0.39 is 6.04 Å². The van der Waals surface area contributed by atoms with Gasteiger partial charge in [-0.05, 0) is 43.9 Å². The minimum atomic E-state index is -0.593. The molecule has 2 aliphatic heterocycles. The summed E-state index contributed by atoms with van der Waals surface area (Å²) in [5.41, 5.74) is 1.85. The Kier molecular flexibility index (Phi) is 5.91. The second-order valence-electron chi connectivity index (χ2n) is 6.86. The summed E-state index contributed by atoms with van der Waals surface area (Å²) in [5, 5.41) is 14.5. The lowest BCUT2D eigenvalue weighted by Gasteiger charge is -2.20. The summed E-state index contributed by atoms with van der Waals surface area (Å²) in [4.78, 5) is 32.6. The zero-order valence-corrected chi connectivity index (χ0v) is 15.4. The lowest BCUT2D eigenvalue weighted by atomic mass is 10.2. The molecule has 1 aromatic rings. The largest absolute Gasteiger partial charge is 0.341 e. The van der Waals surface area contributed by atoms with Crippen molar-refractivity contribution in [3.63, 3.8) is 0 Å². The van der Waals surface area contributed by atoms with Gasteiger partial charge in [0, 0.05) is 25.3 Å². The molecule has 2 amide bonds. The van der Waals surface area contributed by atoms with Gasteiger partial charge >= 0.3 is 0 Å². The number of nitriles is 1. The maximum absolute atomic E-state index is 12.6. The number of amides is 2. The molecule has 2 saturated heterocycles. The standard InChI is InChI=1S/C19H24N6O2/c1-14-5-4-6-15(11-14)22-19(21-13-20)23-16-7-10-25(18(16)27)12-17(26)24-8-2-3-9-24/h4-6,11,16H,2-3,7-10,12H2,1H3,(H2,21,22,23). The number of nitrogens with zero attached hydrogens (tertiary/aromatic N) is 4. The van der Waals surface area contributed by atoms with Gasteiger partial charge in [-0.15, -0.1) is 0 Å². The van der Waals surface area contributed by atoms with Crippen LogP contribution in [0, 0.1) is 18.4 Å². The Labute approximate surface area is 158 Å². The third-order valence-electron chi connectivity index (χ3n) is 4.79. The van der Waals surface area contributed by atoms with Crippen LogP contribution in [0.25, 0.3) is 0 Å². The van der Waals surface area contributed by atoms with Gasteiger partial charge in [0.25, 0.3) is 0 Å². The number of hydrogen-bond donors (Lipinski definition) is 2. The first kappa shape index (κ1) is 18.7. The molecule has 0 aromatic heterocycles. The lowest BCUT2D eigenvalue weighted by molar-refractivity contribution is -0.138. The fourth-order valence-corrected chi connectivity index (χ4v) is 3.39. The summed E-state index contributed by atoms with van der Waals surface area (Å²) in [6, 6.07) is 7.05. The molecule has 0 spiro atoms. The summed E-state index contributed by atoms with van der Waals surface area (Å²) >= 11 is 0. The molecule has 1 atom stereocenters. The van der Waals surface area contributed by atoms with Gasteiger partial charge in [0.15, 0.2) is 6.19 Å². The van der Waals surface area contributed by atoms with Crippen LogP contribution in [-0.4, -0.2) is 59.8 Å². The number of guanidine groups is 1. The lowest BCUT2D eigenvalue weighted by Crippen LogP contribution is -2.41. The SMILES string of the molecule is Cc1cccc(NC(=NC2CCN(CC(=O)N3CCCC3)C2=O)NC#N)c1. The average molecular weight is 368 g/mol. The highest BCUT2D eigenvalue weighted by atomic mass is 16.2. The Balaban J connectivity index is 1.64. The van der Waals surface area contributed by atoms with E-state index in [9.17, 15) is 9.59 Å². The van der Waals surface area contributed by atoms with E-state index in [1.165, 1.54) is 0 Å². The summed E-state index contributed by atoms with van der Waals surface area (Å²) in [6.45, 7) is 4.13. The molecule has 8 nitrogen and oxygen atoms in total. The van der Waals surface area contributed by atoms with Crippen LogP contribution in [0.2, 0.25) is 0 Å².